The molecule has 0 aliphatic carbocycles. The zero-order valence-corrected chi connectivity index (χ0v) is 15.0. The molecule has 2 aromatic heterocycles. The molecule has 0 bridgehead atoms. The van der Waals surface area contributed by atoms with E-state index in [1.54, 1.807) is 22.7 Å². The van der Waals surface area contributed by atoms with Gasteiger partial charge >= 0.3 is 0 Å². The first-order chi connectivity index (χ1) is 11.1. The van der Waals surface area contributed by atoms with Crippen LogP contribution in [-0.4, -0.2) is 40.3 Å². The van der Waals surface area contributed by atoms with Crippen LogP contribution >= 0.6 is 22.7 Å². The molecule has 0 saturated carbocycles. The number of carbonyl (C=O) groups excluding carboxylic acids is 1. The second-order valence-electron chi connectivity index (χ2n) is 6.88. The number of rotatable bonds is 4. The molecule has 2 saturated heterocycles. The van der Waals surface area contributed by atoms with Crippen LogP contribution in [0.25, 0.3) is 0 Å². The summed E-state index contributed by atoms with van der Waals surface area (Å²) in [6.45, 7) is 6.75. The SMILES string of the molecule is Cc1nc(CN2C[C@]3(CCN(Cc4ccsc4)C3)CC2=O)cs1. The van der Waals surface area contributed by atoms with Gasteiger partial charge in [-0.05, 0) is 42.3 Å². The molecule has 0 aromatic carbocycles. The van der Waals surface area contributed by atoms with E-state index >= 15 is 0 Å². The minimum Gasteiger partial charge on any atom is -0.336 e. The fourth-order valence-corrected chi connectivity index (χ4v) is 5.14. The minimum atomic E-state index is 0.165. The van der Waals surface area contributed by atoms with E-state index in [-0.39, 0.29) is 5.41 Å². The van der Waals surface area contributed by atoms with E-state index in [9.17, 15) is 4.79 Å². The molecule has 2 aliphatic rings. The van der Waals surface area contributed by atoms with Crippen LogP contribution in [0.5, 0.6) is 0 Å². The molecule has 0 radical (unpaired) electrons. The number of nitrogens with zero attached hydrogens (tertiary/aromatic N) is 3. The number of aromatic nitrogens is 1. The number of aryl methyl sites for hydroxylation is 1. The van der Waals surface area contributed by atoms with Crippen LogP contribution < -0.4 is 0 Å². The highest BCUT2D eigenvalue weighted by Crippen LogP contribution is 2.41. The predicted octanol–water partition coefficient (Wildman–Crippen LogP) is 3.14. The molecule has 0 unspecified atom stereocenters. The molecule has 1 atom stereocenters. The van der Waals surface area contributed by atoms with E-state index < -0.39 is 0 Å². The van der Waals surface area contributed by atoms with E-state index in [1.807, 2.05) is 11.8 Å². The van der Waals surface area contributed by atoms with Crippen molar-refractivity contribution in [2.45, 2.75) is 32.9 Å². The van der Waals surface area contributed by atoms with E-state index in [0.717, 1.165) is 43.3 Å². The smallest absolute Gasteiger partial charge is 0.223 e. The molecule has 4 heterocycles. The molecule has 2 fully saturated rings. The van der Waals surface area contributed by atoms with Crippen LogP contribution in [0.2, 0.25) is 0 Å². The molecule has 1 spiro atoms. The largest absolute Gasteiger partial charge is 0.336 e. The lowest BCUT2D eigenvalue weighted by molar-refractivity contribution is -0.128. The zero-order chi connectivity index (χ0) is 15.9. The maximum absolute atomic E-state index is 12.5. The van der Waals surface area contributed by atoms with Crippen molar-refractivity contribution in [1.82, 2.24) is 14.8 Å². The van der Waals surface area contributed by atoms with Crippen molar-refractivity contribution in [2.24, 2.45) is 5.41 Å². The standard InChI is InChI=1S/C17H21N3OS2/c1-13-18-15(10-23-13)8-20-12-17(6-16(20)21)3-4-19(11-17)7-14-2-5-22-9-14/h2,5,9-10H,3-4,6-8,11-12H2,1H3/t17-/m1/s1. The molecule has 2 aromatic rings. The summed E-state index contributed by atoms with van der Waals surface area (Å²) >= 11 is 3.41. The maximum atomic E-state index is 12.5. The molecule has 1 amide bonds. The van der Waals surface area contributed by atoms with Crippen LogP contribution in [0.4, 0.5) is 0 Å². The van der Waals surface area contributed by atoms with E-state index in [1.165, 1.54) is 5.56 Å². The molecular formula is C17H21N3OS2. The number of likely N-dealkylation sites (tertiary alicyclic amines) is 2. The highest BCUT2D eigenvalue weighted by Gasteiger charge is 2.47. The number of carbonyl (C=O) groups is 1. The number of amides is 1. The molecule has 122 valence electrons. The van der Waals surface area contributed by atoms with E-state index in [4.69, 9.17) is 0 Å². The number of hydrogen-bond acceptors (Lipinski definition) is 5. The summed E-state index contributed by atoms with van der Waals surface area (Å²) < 4.78 is 0. The third-order valence-electron chi connectivity index (χ3n) is 4.93. The number of thiophene rings is 1. The van der Waals surface area contributed by atoms with Crippen molar-refractivity contribution in [3.05, 3.63) is 38.5 Å². The average molecular weight is 348 g/mol. The van der Waals surface area contributed by atoms with Crippen LogP contribution in [0, 0.1) is 12.3 Å². The van der Waals surface area contributed by atoms with Gasteiger partial charge in [-0.2, -0.15) is 11.3 Å². The van der Waals surface area contributed by atoms with Gasteiger partial charge in [0.15, 0.2) is 0 Å². The Labute approximate surface area is 144 Å². The van der Waals surface area contributed by atoms with E-state index in [0.29, 0.717) is 18.9 Å². The Morgan fingerprint density at radius 3 is 2.96 bits per heavy atom. The van der Waals surface area contributed by atoms with Gasteiger partial charge < -0.3 is 4.90 Å². The first-order valence-electron chi connectivity index (χ1n) is 8.04. The second kappa shape index (κ2) is 6.00. The predicted molar refractivity (Wildman–Crippen MR) is 93.5 cm³/mol. The minimum absolute atomic E-state index is 0.165. The summed E-state index contributed by atoms with van der Waals surface area (Å²) in [7, 11) is 0. The van der Waals surface area contributed by atoms with Crippen molar-refractivity contribution in [3.8, 4) is 0 Å². The fraction of sp³-hybridized carbons (Fsp3) is 0.529. The van der Waals surface area contributed by atoms with Crippen molar-refractivity contribution >= 4 is 28.6 Å². The normalized spacial score (nSPS) is 25.1. The third kappa shape index (κ3) is 3.20. The Bertz CT molecular complexity index is 697. The van der Waals surface area contributed by atoms with Gasteiger partial charge in [0.25, 0.3) is 0 Å². The van der Waals surface area contributed by atoms with Gasteiger partial charge in [0, 0.05) is 36.9 Å². The van der Waals surface area contributed by atoms with Crippen molar-refractivity contribution < 1.29 is 4.79 Å². The lowest BCUT2D eigenvalue weighted by atomic mass is 9.86. The Morgan fingerprint density at radius 2 is 2.22 bits per heavy atom. The van der Waals surface area contributed by atoms with Gasteiger partial charge in [0.05, 0.1) is 17.2 Å². The fourth-order valence-electron chi connectivity index (χ4n) is 3.88. The van der Waals surface area contributed by atoms with Crippen LogP contribution in [0.15, 0.2) is 22.2 Å². The van der Waals surface area contributed by atoms with Crippen LogP contribution in [0.3, 0.4) is 0 Å². The first-order valence-corrected chi connectivity index (χ1v) is 9.86. The van der Waals surface area contributed by atoms with Crippen molar-refractivity contribution in [2.75, 3.05) is 19.6 Å². The van der Waals surface area contributed by atoms with E-state index in [2.05, 4.69) is 32.1 Å². The monoisotopic (exact) mass is 347 g/mol. The van der Waals surface area contributed by atoms with Crippen LogP contribution in [-0.2, 0) is 17.9 Å². The molecule has 6 heteroatoms. The molecular weight excluding hydrogens is 326 g/mol. The van der Waals surface area contributed by atoms with Gasteiger partial charge in [0.2, 0.25) is 5.91 Å². The van der Waals surface area contributed by atoms with Gasteiger partial charge in [-0.15, -0.1) is 11.3 Å². The lowest BCUT2D eigenvalue weighted by Crippen LogP contribution is -2.31. The van der Waals surface area contributed by atoms with Crippen molar-refractivity contribution in [3.63, 3.8) is 0 Å². The summed E-state index contributed by atoms with van der Waals surface area (Å²) in [6, 6.07) is 2.20. The average Bonchev–Trinajstić information content (AvgIpc) is 3.26. The summed E-state index contributed by atoms with van der Waals surface area (Å²) in [4.78, 5) is 21.5. The highest BCUT2D eigenvalue weighted by molar-refractivity contribution is 7.09. The summed E-state index contributed by atoms with van der Waals surface area (Å²) in [5.74, 6) is 0.299. The quantitative estimate of drug-likeness (QED) is 0.852. The molecule has 0 N–H and O–H groups in total. The zero-order valence-electron chi connectivity index (χ0n) is 13.3. The highest BCUT2D eigenvalue weighted by atomic mass is 32.1. The summed E-state index contributed by atoms with van der Waals surface area (Å²) in [5, 5.41) is 7.51. The number of thiazole rings is 1. The Kier molecular flexibility index (Phi) is 3.99. The molecule has 2 aliphatic heterocycles. The second-order valence-corrected chi connectivity index (χ2v) is 8.72. The Hall–Kier alpha value is -1.24. The third-order valence-corrected chi connectivity index (χ3v) is 6.48. The molecule has 23 heavy (non-hydrogen) atoms. The summed E-state index contributed by atoms with van der Waals surface area (Å²) in [6.07, 6.45) is 1.84. The molecule has 4 rings (SSSR count). The topological polar surface area (TPSA) is 36.4 Å². The van der Waals surface area contributed by atoms with Gasteiger partial charge in [-0.1, -0.05) is 0 Å². The maximum Gasteiger partial charge on any atom is 0.223 e. The Morgan fingerprint density at radius 1 is 1.30 bits per heavy atom. The Balaban J connectivity index is 1.39. The van der Waals surface area contributed by atoms with Gasteiger partial charge in [-0.25, -0.2) is 4.98 Å². The van der Waals surface area contributed by atoms with Crippen LogP contribution in [0.1, 0.15) is 29.1 Å². The molecule has 4 nitrogen and oxygen atoms in total. The number of hydrogen-bond donors (Lipinski definition) is 0. The van der Waals surface area contributed by atoms with Gasteiger partial charge in [0.1, 0.15) is 0 Å². The summed E-state index contributed by atoms with van der Waals surface area (Å²) in [5.41, 5.74) is 2.59. The lowest BCUT2D eigenvalue weighted by Gasteiger charge is -2.24. The van der Waals surface area contributed by atoms with Crippen molar-refractivity contribution in [1.29, 1.82) is 0 Å². The van der Waals surface area contributed by atoms with Gasteiger partial charge in [-0.3, -0.25) is 9.69 Å². The first kappa shape index (κ1) is 15.3.